The van der Waals surface area contributed by atoms with E-state index < -0.39 is 0 Å². The van der Waals surface area contributed by atoms with Crippen LogP contribution in [0.5, 0.6) is 0 Å². The Bertz CT molecular complexity index is 874. The fourth-order valence-corrected chi connectivity index (χ4v) is 3.90. The van der Waals surface area contributed by atoms with E-state index in [2.05, 4.69) is 89.6 Å². The first-order chi connectivity index (χ1) is 10.2. The molecule has 0 heterocycles. The van der Waals surface area contributed by atoms with Gasteiger partial charge in [-0.05, 0) is 50.3 Å². The maximum absolute atomic E-state index is 3.84. The molecule has 0 N–H and O–H groups in total. The highest BCUT2D eigenvalue weighted by molar-refractivity contribution is 9.10. The van der Waals surface area contributed by atoms with Crippen LogP contribution in [0, 0.1) is 6.92 Å². The van der Waals surface area contributed by atoms with E-state index in [1.54, 1.807) is 0 Å². The van der Waals surface area contributed by atoms with Crippen molar-refractivity contribution in [3.8, 4) is 0 Å². The van der Waals surface area contributed by atoms with E-state index in [1.807, 2.05) is 0 Å². The SMILES string of the molecule is Cc1ccc2ccc(C3C=Cc4ccccc43)c(Br)c2c1. The Morgan fingerprint density at radius 3 is 2.62 bits per heavy atom. The van der Waals surface area contributed by atoms with Crippen LogP contribution in [0.2, 0.25) is 0 Å². The van der Waals surface area contributed by atoms with E-state index in [9.17, 15) is 0 Å². The maximum Gasteiger partial charge on any atom is 0.0295 e. The first-order valence-electron chi connectivity index (χ1n) is 7.20. The number of aryl methyl sites for hydroxylation is 1. The van der Waals surface area contributed by atoms with Gasteiger partial charge >= 0.3 is 0 Å². The monoisotopic (exact) mass is 334 g/mol. The van der Waals surface area contributed by atoms with Crippen LogP contribution in [0.1, 0.15) is 28.2 Å². The minimum absolute atomic E-state index is 0.348. The van der Waals surface area contributed by atoms with Gasteiger partial charge < -0.3 is 0 Å². The Kier molecular flexibility index (Phi) is 2.97. The summed E-state index contributed by atoms with van der Waals surface area (Å²) in [5, 5.41) is 2.58. The third-order valence-electron chi connectivity index (χ3n) is 4.28. The molecule has 0 saturated heterocycles. The third kappa shape index (κ3) is 2.04. The fraction of sp³-hybridized carbons (Fsp3) is 0.100. The third-order valence-corrected chi connectivity index (χ3v) is 5.16. The molecule has 0 nitrogen and oxygen atoms in total. The standard InChI is InChI=1S/C20H15Br/c1-13-6-7-15-9-11-18(20(21)19(15)12-13)17-10-8-14-4-2-3-5-16(14)17/h2-12,17H,1H3. The van der Waals surface area contributed by atoms with Crippen molar-refractivity contribution in [2.75, 3.05) is 0 Å². The van der Waals surface area contributed by atoms with Crippen molar-refractivity contribution in [2.24, 2.45) is 0 Å². The number of benzene rings is 3. The average molecular weight is 335 g/mol. The van der Waals surface area contributed by atoms with Crippen LogP contribution >= 0.6 is 15.9 Å². The van der Waals surface area contributed by atoms with Crippen LogP contribution in [-0.2, 0) is 0 Å². The molecule has 1 unspecified atom stereocenters. The van der Waals surface area contributed by atoms with Gasteiger partial charge in [0, 0.05) is 10.4 Å². The molecule has 3 aromatic rings. The van der Waals surface area contributed by atoms with Crippen molar-refractivity contribution in [1.29, 1.82) is 0 Å². The molecule has 0 aliphatic heterocycles. The van der Waals surface area contributed by atoms with E-state index in [-0.39, 0.29) is 0 Å². The van der Waals surface area contributed by atoms with Gasteiger partial charge in [-0.25, -0.2) is 0 Å². The maximum atomic E-state index is 3.84. The second-order valence-electron chi connectivity index (χ2n) is 5.66. The van der Waals surface area contributed by atoms with Gasteiger partial charge in [0.1, 0.15) is 0 Å². The Morgan fingerprint density at radius 1 is 0.905 bits per heavy atom. The van der Waals surface area contributed by atoms with Crippen LogP contribution in [0.3, 0.4) is 0 Å². The summed E-state index contributed by atoms with van der Waals surface area (Å²) in [4.78, 5) is 0. The van der Waals surface area contributed by atoms with Crippen LogP contribution in [0.15, 0.2) is 65.1 Å². The average Bonchev–Trinajstić information content (AvgIpc) is 2.92. The molecule has 1 heteroatoms. The second kappa shape index (κ2) is 4.85. The van der Waals surface area contributed by atoms with Gasteiger partial charge in [0.25, 0.3) is 0 Å². The fourth-order valence-electron chi connectivity index (χ4n) is 3.17. The first-order valence-corrected chi connectivity index (χ1v) is 7.99. The quantitative estimate of drug-likeness (QED) is 0.506. The van der Waals surface area contributed by atoms with Gasteiger partial charge in [-0.15, -0.1) is 0 Å². The summed E-state index contributed by atoms with van der Waals surface area (Å²) in [7, 11) is 0. The molecule has 1 atom stereocenters. The molecule has 102 valence electrons. The lowest BCUT2D eigenvalue weighted by Crippen LogP contribution is -1.97. The lowest BCUT2D eigenvalue weighted by Gasteiger charge is -2.15. The van der Waals surface area contributed by atoms with Crippen molar-refractivity contribution in [2.45, 2.75) is 12.8 Å². The van der Waals surface area contributed by atoms with E-state index in [0.29, 0.717) is 5.92 Å². The number of rotatable bonds is 1. The summed E-state index contributed by atoms with van der Waals surface area (Å²) in [6.45, 7) is 2.14. The molecule has 21 heavy (non-hydrogen) atoms. The molecule has 0 saturated carbocycles. The van der Waals surface area contributed by atoms with Gasteiger partial charge in [-0.3, -0.25) is 0 Å². The van der Waals surface area contributed by atoms with E-state index in [1.165, 1.54) is 37.5 Å². The molecule has 4 rings (SSSR count). The molecule has 3 aromatic carbocycles. The van der Waals surface area contributed by atoms with Gasteiger partial charge in [-0.1, -0.05) is 72.3 Å². The molecule has 0 fully saturated rings. The molecular weight excluding hydrogens is 320 g/mol. The molecule has 0 bridgehead atoms. The summed E-state index contributed by atoms with van der Waals surface area (Å²) >= 11 is 3.84. The molecule has 1 aliphatic rings. The number of hydrogen-bond donors (Lipinski definition) is 0. The summed E-state index contributed by atoms with van der Waals surface area (Å²) in [6, 6.07) is 19.7. The zero-order chi connectivity index (χ0) is 14.4. The largest absolute Gasteiger partial charge is 0.0720 e. The van der Waals surface area contributed by atoms with Crippen molar-refractivity contribution in [1.82, 2.24) is 0 Å². The number of halogens is 1. The summed E-state index contributed by atoms with van der Waals surface area (Å²) in [6.07, 6.45) is 4.53. The zero-order valence-corrected chi connectivity index (χ0v) is 13.4. The van der Waals surface area contributed by atoms with E-state index in [4.69, 9.17) is 0 Å². The minimum atomic E-state index is 0.348. The minimum Gasteiger partial charge on any atom is -0.0720 e. The van der Waals surface area contributed by atoms with Crippen LogP contribution in [0.4, 0.5) is 0 Å². The van der Waals surface area contributed by atoms with Crippen molar-refractivity contribution < 1.29 is 0 Å². The summed E-state index contributed by atoms with van der Waals surface area (Å²) in [5.41, 5.74) is 5.36. The van der Waals surface area contributed by atoms with E-state index in [0.717, 1.165) is 0 Å². The topological polar surface area (TPSA) is 0 Å². The highest BCUT2D eigenvalue weighted by atomic mass is 79.9. The predicted octanol–water partition coefficient (Wildman–Crippen LogP) is 6.07. The lowest BCUT2D eigenvalue weighted by molar-refractivity contribution is 1.04. The number of hydrogen-bond acceptors (Lipinski definition) is 0. The molecular formula is C20H15Br. The Morgan fingerprint density at radius 2 is 1.71 bits per heavy atom. The van der Waals surface area contributed by atoms with E-state index >= 15 is 0 Å². The Labute approximate surface area is 133 Å². The van der Waals surface area contributed by atoms with Crippen LogP contribution in [0.25, 0.3) is 16.8 Å². The Balaban J connectivity index is 1.93. The number of fused-ring (bicyclic) bond motifs is 2. The van der Waals surface area contributed by atoms with Gasteiger partial charge in [-0.2, -0.15) is 0 Å². The summed E-state index contributed by atoms with van der Waals surface area (Å²) in [5.74, 6) is 0.348. The van der Waals surface area contributed by atoms with Gasteiger partial charge in [0.05, 0.1) is 0 Å². The van der Waals surface area contributed by atoms with Crippen LogP contribution in [-0.4, -0.2) is 0 Å². The molecule has 0 spiro atoms. The zero-order valence-electron chi connectivity index (χ0n) is 11.8. The highest BCUT2D eigenvalue weighted by Gasteiger charge is 2.21. The number of allylic oxidation sites excluding steroid dienone is 1. The Hall–Kier alpha value is -1.86. The van der Waals surface area contributed by atoms with Crippen molar-refractivity contribution in [3.05, 3.63) is 87.4 Å². The molecule has 0 aromatic heterocycles. The molecule has 1 aliphatic carbocycles. The molecule has 0 amide bonds. The summed E-state index contributed by atoms with van der Waals surface area (Å²) < 4.78 is 1.22. The predicted molar refractivity (Wildman–Crippen MR) is 93.7 cm³/mol. The smallest absolute Gasteiger partial charge is 0.0295 e. The van der Waals surface area contributed by atoms with Crippen LogP contribution < -0.4 is 0 Å². The lowest BCUT2D eigenvalue weighted by atomic mass is 9.91. The molecule has 0 radical (unpaired) electrons. The van der Waals surface area contributed by atoms with Gasteiger partial charge in [0.2, 0.25) is 0 Å². The van der Waals surface area contributed by atoms with Gasteiger partial charge in [0.15, 0.2) is 0 Å². The first kappa shape index (κ1) is 12.8. The van der Waals surface area contributed by atoms with Crippen molar-refractivity contribution >= 4 is 32.8 Å². The highest BCUT2D eigenvalue weighted by Crippen LogP contribution is 2.40. The van der Waals surface area contributed by atoms with Crippen molar-refractivity contribution in [3.63, 3.8) is 0 Å². The normalized spacial score (nSPS) is 16.4. The second-order valence-corrected chi connectivity index (χ2v) is 6.45.